The third-order valence-corrected chi connectivity index (χ3v) is 6.64. The summed E-state index contributed by atoms with van der Waals surface area (Å²) in [6.45, 7) is 6.01. The van der Waals surface area contributed by atoms with Crippen molar-refractivity contribution in [2.45, 2.75) is 26.3 Å². The lowest BCUT2D eigenvalue weighted by Crippen LogP contribution is -2.40. The highest BCUT2D eigenvalue weighted by molar-refractivity contribution is 6.07. The second kappa shape index (κ2) is 8.56. The number of aryl methyl sites for hydroxylation is 1. The zero-order valence-corrected chi connectivity index (χ0v) is 18.0. The molecule has 1 fully saturated rings. The van der Waals surface area contributed by atoms with Crippen LogP contribution < -0.4 is 5.32 Å². The van der Waals surface area contributed by atoms with Gasteiger partial charge in [-0.25, -0.2) is 0 Å². The average Bonchev–Trinajstić information content (AvgIpc) is 3.12. The minimum atomic E-state index is 0.0281. The molecule has 31 heavy (non-hydrogen) atoms. The van der Waals surface area contributed by atoms with Crippen molar-refractivity contribution in [2.24, 2.45) is 5.92 Å². The molecule has 4 heteroatoms. The molecule has 1 aliphatic heterocycles. The SMILES string of the molecule is Cc1c(CN2CCC[C@@H](CNC(=O)c3cccc4ccccc34)C2)[nH]c2ccccc12. The molecular formula is C27H29N3O. The molecule has 1 aliphatic rings. The summed E-state index contributed by atoms with van der Waals surface area (Å²) >= 11 is 0. The number of carbonyl (C=O) groups is 1. The van der Waals surface area contributed by atoms with Crippen LogP contribution in [0.15, 0.2) is 66.7 Å². The zero-order valence-electron chi connectivity index (χ0n) is 18.0. The number of nitrogens with one attached hydrogen (secondary N) is 2. The van der Waals surface area contributed by atoms with Gasteiger partial charge in [0.25, 0.3) is 5.91 Å². The zero-order chi connectivity index (χ0) is 21.2. The number of nitrogens with zero attached hydrogens (tertiary/aromatic N) is 1. The van der Waals surface area contributed by atoms with Crippen LogP contribution in [-0.2, 0) is 6.54 Å². The van der Waals surface area contributed by atoms with E-state index in [0.29, 0.717) is 5.92 Å². The Hall–Kier alpha value is -3.11. The Morgan fingerprint density at radius 3 is 2.68 bits per heavy atom. The number of aromatic nitrogens is 1. The summed E-state index contributed by atoms with van der Waals surface area (Å²) in [4.78, 5) is 19.0. The highest BCUT2D eigenvalue weighted by Crippen LogP contribution is 2.25. The van der Waals surface area contributed by atoms with Crippen LogP contribution in [0.2, 0.25) is 0 Å². The van der Waals surface area contributed by atoms with Crippen LogP contribution in [0, 0.1) is 12.8 Å². The van der Waals surface area contributed by atoms with Gasteiger partial charge in [0.1, 0.15) is 0 Å². The highest BCUT2D eigenvalue weighted by Gasteiger charge is 2.22. The van der Waals surface area contributed by atoms with Crippen LogP contribution in [0.1, 0.15) is 34.5 Å². The molecule has 2 heterocycles. The molecule has 0 radical (unpaired) electrons. The molecule has 4 nitrogen and oxygen atoms in total. The number of fused-ring (bicyclic) bond motifs is 2. The lowest BCUT2D eigenvalue weighted by molar-refractivity contribution is 0.0932. The van der Waals surface area contributed by atoms with Gasteiger partial charge in [0.15, 0.2) is 0 Å². The number of likely N-dealkylation sites (tertiary alicyclic amines) is 1. The van der Waals surface area contributed by atoms with Gasteiger partial charge in [-0.2, -0.15) is 0 Å². The lowest BCUT2D eigenvalue weighted by Gasteiger charge is -2.32. The second-order valence-corrected chi connectivity index (χ2v) is 8.75. The minimum absolute atomic E-state index is 0.0281. The van der Waals surface area contributed by atoms with E-state index in [-0.39, 0.29) is 5.91 Å². The van der Waals surface area contributed by atoms with E-state index in [1.807, 2.05) is 30.3 Å². The average molecular weight is 412 g/mol. The summed E-state index contributed by atoms with van der Waals surface area (Å²) in [5.41, 5.74) is 4.63. The molecule has 1 atom stereocenters. The van der Waals surface area contributed by atoms with Gasteiger partial charge >= 0.3 is 0 Å². The smallest absolute Gasteiger partial charge is 0.251 e. The molecular weight excluding hydrogens is 382 g/mol. The lowest BCUT2D eigenvalue weighted by atomic mass is 9.97. The monoisotopic (exact) mass is 411 g/mol. The summed E-state index contributed by atoms with van der Waals surface area (Å²) in [7, 11) is 0. The van der Waals surface area contributed by atoms with Crippen LogP contribution >= 0.6 is 0 Å². The molecule has 0 saturated carbocycles. The Morgan fingerprint density at radius 1 is 1.03 bits per heavy atom. The van der Waals surface area contributed by atoms with Gasteiger partial charge in [-0.1, -0.05) is 54.6 Å². The number of hydrogen-bond donors (Lipinski definition) is 2. The standard InChI is InChI=1S/C27H29N3O/c1-19-22-11-4-5-14-25(22)29-26(19)18-30-15-7-8-20(17-30)16-28-27(31)24-13-6-10-21-9-2-3-12-23(21)24/h2-6,9-14,20,29H,7-8,15-18H2,1H3,(H,28,31)/t20-/m0/s1. The van der Waals surface area contributed by atoms with Crippen molar-refractivity contribution in [3.05, 3.63) is 83.6 Å². The molecule has 3 aromatic carbocycles. The number of carbonyl (C=O) groups excluding carboxylic acids is 1. The normalized spacial score (nSPS) is 17.3. The van der Waals surface area contributed by atoms with Gasteiger partial charge in [0.2, 0.25) is 0 Å². The van der Waals surface area contributed by atoms with Crippen molar-refractivity contribution >= 4 is 27.6 Å². The second-order valence-electron chi connectivity index (χ2n) is 8.75. The van der Waals surface area contributed by atoms with Gasteiger partial charge in [0.05, 0.1) is 0 Å². The molecule has 0 aliphatic carbocycles. The van der Waals surface area contributed by atoms with Crippen molar-refractivity contribution in [2.75, 3.05) is 19.6 Å². The van der Waals surface area contributed by atoms with Crippen LogP contribution in [0.3, 0.4) is 0 Å². The molecule has 1 saturated heterocycles. The molecule has 4 aromatic rings. The van der Waals surface area contributed by atoms with Gasteiger partial charge in [-0.05, 0) is 60.7 Å². The van der Waals surface area contributed by atoms with Crippen molar-refractivity contribution in [1.82, 2.24) is 15.2 Å². The van der Waals surface area contributed by atoms with E-state index >= 15 is 0 Å². The number of piperidine rings is 1. The van der Waals surface area contributed by atoms with Crippen molar-refractivity contribution < 1.29 is 4.79 Å². The Morgan fingerprint density at radius 2 is 1.81 bits per heavy atom. The molecule has 5 rings (SSSR count). The highest BCUT2D eigenvalue weighted by atomic mass is 16.1. The Balaban J connectivity index is 1.22. The molecule has 0 bridgehead atoms. The van der Waals surface area contributed by atoms with E-state index in [4.69, 9.17) is 0 Å². The first-order valence-corrected chi connectivity index (χ1v) is 11.2. The fourth-order valence-electron chi connectivity index (χ4n) is 4.94. The van der Waals surface area contributed by atoms with Crippen LogP contribution in [0.25, 0.3) is 21.7 Å². The number of aromatic amines is 1. The fourth-order valence-corrected chi connectivity index (χ4v) is 4.94. The quantitative estimate of drug-likeness (QED) is 0.470. The third kappa shape index (κ3) is 4.08. The van der Waals surface area contributed by atoms with E-state index in [2.05, 4.69) is 58.5 Å². The number of hydrogen-bond acceptors (Lipinski definition) is 2. The van der Waals surface area contributed by atoms with Crippen molar-refractivity contribution in [3.8, 4) is 0 Å². The predicted molar refractivity (Wildman–Crippen MR) is 127 cm³/mol. The Kier molecular flexibility index (Phi) is 5.47. The maximum Gasteiger partial charge on any atom is 0.251 e. The number of amides is 1. The number of rotatable bonds is 5. The molecule has 2 N–H and O–H groups in total. The first-order valence-electron chi connectivity index (χ1n) is 11.2. The molecule has 1 amide bonds. The number of H-pyrrole nitrogens is 1. The molecule has 0 unspecified atom stereocenters. The largest absolute Gasteiger partial charge is 0.357 e. The predicted octanol–water partition coefficient (Wildman–Crippen LogP) is 5.27. The van der Waals surface area contributed by atoms with Crippen LogP contribution in [-0.4, -0.2) is 35.4 Å². The molecule has 158 valence electrons. The van der Waals surface area contributed by atoms with Gasteiger partial charge in [0, 0.05) is 41.8 Å². The first-order chi connectivity index (χ1) is 15.2. The summed E-state index contributed by atoms with van der Waals surface area (Å²) in [6.07, 6.45) is 2.34. The number of benzene rings is 3. The van der Waals surface area contributed by atoms with Gasteiger partial charge in [-0.15, -0.1) is 0 Å². The summed E-state index contributed by atoms with van der Waals surface area (Å²) in [6, 6.07) is 22.5. The van der Waals surface area contributed by atoms with Gasteiger partial charge in [-0.3, -0.25) is 9.69 Å². The van der Waals surface area contributed by atoms with E-state index in [0.717, 1.165) is 48.9 Å². The molecule has 1 aromatic heterocycles. The van der Waals surface area contributed by atoms with E-state index in [1.165, 1.54) is 28.6 Å². The van der Waals surface area contributed by atoms with E-state index < -0.39 is 0 Å². The van der Waals surface area contributed by atoms with Crippen LogP contribution in [0.5, 0.6) is 0 Å². The maximum atomic E-state index is 12.9. The number of para-hydroxylation sites is 1. The van der Waals surface area contributed by atoms with E-state index in [1.54, 1.807) is 0 Å². The van der Waals surface area contributed by atoms with E-state index in [9.17, 15) is 4.79 Å². The Labute approximate surface area is 183 Å². The van der Waals surface area contributed by atoms with Crippen molar-refractivity contribution in [3.63, 3.8) is 0 Å². The third-order valence-electron chi connectivity index (χ3n) is 6.64. The summed E-state index contributed by atoms with van der Waals surface area (Å²) < 4.78 is 0. The fraction of sp³-hybridized carbons (Fsp3) is 0.296. The maximum absolute atomic E-state index is 12.9. The summed E-state index contributed by atoms with van der Waals surface area (Å²) in [5, 5.41) is 6.64. The van der Waals surface area contributed by atoms with Crippen LogP contribution in [0.4, 0.5) is 0 Å². The Bertz CT molecular complexity index is 1220. The topological polar surface area (TPSA) is 48.1 Å². The molecule has 0 spiro atoms. The van der Waals surface area contributed by atoms with Gasteiger partial charge < -0.3 is 10.3 Å². The minimum Gasteiger partial charge on any atom is -0.357 e. The first kappa shape index (κ1) is 19.8. The van der Waals surface area contributed by atoms with Crippen molar-refractivity contribution in [1.29, 1.82) is 0 Å². The summed E-state index contributed by atoms with van der Waals surface area (Å²) in [5.74, 6) is 0.512.